The number of anilines is 2. The molecule has 78 valence electrons. The first kappa shape index (κ1) is 10.2. The second-order valence-electron chi connectivity index (χ2n) is 2.90. The van der Waals surface area contributed by atoms with Gasteiger partial charge in [-0.1, -0.05) is 11.6 Å². The lowest BCUT2D eigenvalue weighted by atomic mass is 10.5. The van der Waals surface area contributed by atoms with Crippen LogP contribution in [0.5, 0.6) is 0 Å². The van der Waals surface area contributed by atoms with Crippen LogP contribution in [-0.4, -0.2) is 9.97 Å². The molecule has 0 aliphatic rings. The largest absolute Gasteiger partial charge is 0.396 e. The van der Waals surface area contributed by atoms with Gasteiger partial charge in [0.05, 0.1) is 29.0 Å². The zero-order chi connectivity index (χ0) is 10.7. The molecule has 2 aromatic heterocycles. The van der Waals surface area contributed by atoms with E-state index in [1.54, 1.807) is 12.4 Å². The Balaban J connectivity index is 1.96. The molecule has 0 saturated carbocycles. The van der Waals surface area contributed by atoms with Crippen molar-refractivity contribution < 1.29 is 0 Å². The van der Waals surface area contributed by atoms with Crippen LogP contribution in [0.4, 0.5) is 11.6 Å². The minimum atomic E-state index is 0.555. The van der Waals surface area contributed by atoms with Gasteiger partial charge in [0.1, 0.15) is 0 Å². The van der Waals surface area contributed by atoms with Crippen molar-refractivity contribution in [2.75, 3.05) is 11.1 Å². The highest BCUT2D eigenvalue weighted by Crippen LogP contribution is 2.21. The first-order valence-corrected chi connectivity index (χ1v) is 5.49. The predicted molar refractivity (Wildman–Crippen MR) is 63.1 cm³/mol. The van der Waals surface area contributed by atoms with Crippen LogP contribution in [0, 0.1) is 0 Å². The van der Waals surface area contributed by atoms with Gasteiger partial charge >= 0.3 is 0 Å². The molecule has 0 fully saturated rings. The average molecular weight is 241 g/mol. The molecule has 0 aliphatic carbocycles. The third-order valence-corrected chi connectivity index (χ3v) is 2.95. The zero-order valence-corrected chi connectivity index (χ0v) is 9.35. The molecule has 3 N–H and O–H groups in total. The zero-order valence-electron chi connectivity index (χ0n) is 7.77. The summed E-state index contributed by atoms with van der Waals surface area (Å²) in [5.41, 5.74) is 6.02. The maximum atomic E-state index is 5.81. The summed E-state index contributed by atoms with van der Waals surface area (Å²) in [4.78, 5) is 9.19. The van der Waals surface area contributed by atoms with E-state index in [0.717, 1.165) is 9.21 Å². The van der Waals surface area contributed by atoms with Crippen molar-refractivity contribution in [3.8, 4) is 0 Å². The number of hydrogen-bond acceptors (Lipinski definition) is 5. The van der Waals surface area contributed by atoms with Gasteiger partial charge in [-0.15, -0.1) is 11.3 Å². The van der Waals surface area contributed by atoms with Crippen molar-refractivity contribution in [3.05, 3.63) is 33.7 Å². The molecule has 0 bridgehead atoms. The summed E-state index contributed by atoms with van der Waals surface area (Å²) < 4.78 is 0.782. The molecule has 2 heterocycles. The van der Waals surface area contributed by atoms with Crippen molar-refractivity contribution in [1.82, 2.24) is 9.97 Å². The number of nitrogens with zero attached hydrogens (tertiary/aromatic N) is 2. The van der Waals surface area contributed by atoms with Gasteiger partial charge in [-0.2, -0.15) is 0 Å². The minimum absolute atomic E-state index is 0.555. The van der Waals surface area contributed by atoms with Gasteiger partial charge < -0.3 is 11.1 Å². The molecule has 2 aromatic rings. The van der Waals surface area contributed by atoms with Crippen LogP contribution >= 0.6 is 22.9 Å². The quantitative estimate of drug-likeness (QED) is 0.865. The smallest absolute Gasteiger partial charge is 0.223 e. The standard InChI is InChI=1S/C9H9ClN4S/c10-8-2-1-7(15-8)5-14-9-12-3-6(11)4-13-9/h1-4H,5,11H2,(H,12,13,14). The first-order valence-electron chi connectivity index (χ1n) is 4.29. The fraction of sp³-hybridized carbons (Fsp3) is 0.111. The summed E-state index contributed by atoms with van der Waals surface area (Å²) in [6.45, 7) is 0.668. The molecule has 0 radical (unpaired) electrons. The van der Waals surface area contributed by atoms with E-state index in [1.807, 2.05) is 12.1 Å². The van der Waals surface area contributed by atoms with Crippen LogP contribution in [0.15, 0.2) is 24.5 Å². The normalized spacial score (nSPS) is 10.2. The third kappa shape index (κ3) is 2.81. The van der Waals surface area contributed by atoms with E-state index in [1.165, 1.54) is 11.3 Å². The van der Waals surface area contributed by atoms with Gasteiger partial charge in [-0.3, -0.25) is 0 Å². The second-order valence-corrected chi connectivity index (χ2v) is 4.70. The Morgan fingerprint density at radius 3 is 2.67 bits per heavy atom. The molecular formula is C9H9ClN4S. The Morgan fingerprint density at radius 1 is 1.33 bits per heavy atom. The van der Waals surface area contributed by atoms with Crippen LogP contribution in [0.3, 0.4) is 0 Å². The lowest BCUT2D eigenvalue weighted by Crippen LogP contribution is -2.02. The summed E-state index contributed by atoms with van der Waals surface area (Å²) in [7, 11) is 0. The van der Waals surface area contributed by atoms with Crippen molar-refractivity contribution in [3.63, 3.8) is 0 Å². The number of nitrogen functional groups attached to an aromatic ring is 1. The van der Waals surface area contributed by atoms with Crippen LogP contribution in [-0.2, 0) is 6.54 Å². The molecule has 4 nitrogen and oxygen atoms in total. The van der Waals surface area contributed by atoms with E-state index < -0.39 is 0 Å². The van der Waals surface area contributed by atoms with E-state index in [2.05, 4.69) is 15.3 Å². The average Bonchev–Trinajstić information content (AvgIpc) is 2.64. The Labute approximate surface area is 96.1 Å². The predicted octanol–water partition coefficient (Wildman–Crippen LogP) is 2.39. The topological polar surface area (TPSA) is 63.8 Å². The molecule has 0 unspecified atom stereocenters. The fourth-order valence-corrected chi connectivity index (χ4v) is 2.07. The van der Waals surface area contributed by atoms with Gasteiger partial charge in [0.25, 0.3) is 0 Å². The Kier molecular flexibility index (Phi) is 3.03. The molecule has 0 aliphatic heterocycles. The molecule has 0 aromatic carbocycles. The van der Waals surface area contributed by atoms with Gasteiger partial charge in [0.15, 0.2) is 0 Å². The second kappa shape index (κ2) is 4.46. The monoisotopic (exact) mass is 240 g/mol. The molecule has 0 spiro atoms. The molecule has 0 saturated heterocycles. The minimum Gasteiger partial charge on any atom is -0.396 e. The number of thiophene rings is 1. The SMILES string of the molecule is Nc1cnc(NCc2ccc(Cl)s2)nc1. The Hall–Kier alpha value is -1.33. The molecule has 2 rings (SSSR count). The van der Waals surface area contributed by atoms with E-state index >= 15 is 0 Å². The maximum Gasteiger partial charge on any atom is 0.223 e. The van der Waals surface area contributed by atoms with E-state index in [0.29, 0.717) is 18.2 Å². The van der Waals surface area contributed by atoms with Gasteiger partial charge in [-0.05, 0) is 12.1 Å². The Bertz CT molecular complexity index is 440. The molecule has 15 heavy (non-hydrogen) atoms. The molecular weight excluding hydrogens is 232 g/mol. The summed E-state index contributed by atoms with van der Waals surface area (Å²) in [5, 5.41) is 3.08. The fourth-order valence-electron chi connectivity index (χ4n) is 1.04. The van der Waals surface area contributed by atoms with Gasteiger partial charge in [-0.25, -0.2) is 9.97 Å². The van der Waals surface area contributed by atoms with Crippen LogP contribution in [0.25, 0.3) is 0 Å². The van der Waals surface area contributed by atoms with Crippen LogP contribution in [0.1, 0.15) is 4.88 Å². The molecule has 6 heteroatoms. The van der Waals surface area contributed by atoms with Crippen molar-refractivity contribution in [2.45, 2.75) is 6.54 Å². The molecule has 0 amide bonds. The number of nitrogens with two attached hydrogens (primary N) is 1. The number of aromatic nitrogens is 2. The third-order valence-electron chi connectivity index (χ3n) is 1.72. The number of hydrogen-bond donors (Lipinski definition) is 2. The van der Waals surface area contributed by atoms with Crippen molar-refractivity contribution >= 4 is 34.6 Å². The van der Waals surface area contributed by atoms with Crippen molar-refractivity contribution in [1.29, 1.82) is 0 Å². The van der Waals surface area contributed by atoms with E-state index in [4.69, 9.17) is 17.3 Å². The lowest BCUT2D eigenvalue weighted by Gasteiger charge is -2.01. The number of halogens is 1. The summed E-state index contributed by atoms with van der Waals surface area (Å²) in [6, 6.07) is 3.84. The highest BCUT2D eigenvalue weighted by atomic mass is 35.5. The van der Waals surface area contributed by atoms with E-state index in [-0.39, 0.29) is 0 Å². The van der Waals surface area contributed by atoms with Gasteiger partial charge in [0.2, 0.25) is 5.95 Å². The lowest BCUT2D eigenvalue weighted by molar-refractivity contribution is 1.07. The highest BCUT2D eigenvalue weighted by molar-refractivity contribution is 7.16. The maximum absolute atomic E-state index is 5.81. The van der Waals surface area contributed by atoms with Gasteiger partial charge in [0, 0.05) is 4.88 Å². The Morgan fingerprint density at radius 2 is 2.07 bits per heavy atom. The van der Waals surface area contributed by atoms with E-state index in [9.17, 15) is 0 Å². The summed E-state index contributed by atoms with van der Waals surface area (Å²) in [5.74, 6) is 0.564. The number of rotatable bonds is 3. The summed E-state index contributed by atoms with van der Waals surface area (Å²) in [6.07, 6.45) is 3.13. The van der Waals surface area contributed by atoms with Crippen molar-refractivity contribution in [2.24, 2.45) is 0 Å². The number of nitrogens with one attached hydrogen (secondary N) is 1. The first-order chi connectivity index (χ1) is 7.24. The summed E-state index contributed by atoms with van der Waals surface area (Å²) >= 11 is 7.34. The molecule has 0 atom stereocenters. The highest BCUT2D eigenvalue weighted by Gasteiger charge is 1.99. The van der Waals surface area contributed by atoms with Crippen LogP contribution < -0.4 is 11.1 Å². The van der Waals surface area contributed by atoms with Crippen LogP contribution in [0.2, 0.25) is 4.34 Å².